The average molecular weight is 303 g/mol. The van der Waals surface area contributed by atoms with Crippen LogP contribution in [0, 0.1) is 10.1 Å². The number of nitrogens with one attached hydrogen (secondary N) is 1. The van der Waals surface area contributed by atoms with Gasteiger partial charge in [0.25, 0.3) is 11.6 Å². The fourth-order valence-electron chi connectivity index (χ4n) is 1.90. The minimum Gasteiger partial charge on any atom is -0.314 e. The lowest BCUT2D eigenvalue weighted by Crippen LogP contribution is -2.40. The molecule has 0 fully saturated rings. The van der Waals surface area contributed by atoms with Gasteiger partial charge in [0.1, 0.15) is 0 Å². The summed E-state index contributed by atoms with van der Waals surface area (Å²) in [6.07, 6.45) is 1.28. The van der Waals surface area contributed by atoms with Gasteiger partial charge < -0.3 is 5.32 Å². The minimum absolute atomic E-state index is 0.0597. The Hall–Kier alpha value is -2.55. The van der Waals surface area contributed by atoms with Gasteiger partial charge in [-0.25, -0.2) is 15.0 Å². The van der Waals surface area contributed by atoms with Gasteiger partial charge in [-0.2, -0.15) is 0 Å². The van der Waals surface area contributed by atoms with Gasteiger partial charge >= 0.3 is 0 Å². The smallest absolute Gasteiger partial charge is 0.273 e. The number of aliphatic imine (C=N–C) groups is 3. The van der Waals surface area contributed by atoms with Crippen LogP contribution in [-0.4, -0.2) is 34.2 Å². The van der Waals surface area contributed by atoms with E-state index in [4.69, 9.17) is 0 Å². The zero-order valence-corrected chi connectivity index (χ0v) is 11.4. The van der Waals surface area contributed by atoms with Gasteiger partial charge in [-0.15, -0.1) is 0 Å². The van der Waals surface area contributed by atoms with Crippen molar-refractivity contribution < 1.29 is 9.72 Å². The van der Waals surface area contributed by atoms with Gasteiger partial charge in [0.2, 0.25) is 0 Å². The summed E-state index contributed by atoms with van der Waals surface area (Å²) in [6.45, 7) is 0. The van der Waals surface area contributed by atoms with E-state index in [1.54, 1.807) is 18.2 Å². The molecule has 0 saturated heterocycles. The lowest BCUT2D eigenvalue weighted by Gasteiger charge is -2.09. The van der Waals surface area contributed by atoms with E-state index in [2.05, 4.69) is 20.3 Å². The van der Waals surface area contributed by atoms with Gasteiger partial charge in [-0.1, -0.05) is 30.0 Å². The second-order valence-electron chi connectivity index (χ2n) is 4.23. The molecule has 1 aromatic carbocycles. The molecular weight excluding hydrogens is 294 g/mol. The number of fused-ring (bicyclic) bond motifs is 1. The van der Waals surface area contributed by atoms with Crippen molar-refractivity contribution in [2.75, 3.05) is 0 Å². The number of hydrogen-bond acceptors (Lipinski definition) is 7. The van der Waals surface area contributed by atoms with Crippen molar-refractivity contribution in [3.63, 3.8) is 0 Å². The molecule has 9 heteroatoms. The van der Waals surface area contributed by atoms with Gasteiger partial charge in [-0.05, 0) is 0 Å². The summed E-state index contributed by atoms with van der Waals surface area (Å²) in [5, 5.41) is 13.8. The van der Waals surface area contributed by atoms with Crippen LogP contribution in [0.2, 0.25) is 0 Å². The molecule has 1 aromatic rings. The van der Waals surface area contributed by atoms with Crippen molar-refractivity contribution in [2.45, 2.75) is 11.8 Å². The highest BCUT2D eigenvalue weighted by molar-refractivity contribution is 8.13. The quantitative estimate of drug-likeness (QED) is 0.666. The molecule has 0 bridgehead atoms. The summed E-state index contributed by atoms with van der Waals surface area (Å²) in [5.74, 6) is 0.430. The Labute approximate surface area is 123 Å². The van der Waals surface area contributed by atoms with Crippen molar-refractivity contribution in [2.24, 2.45) is 15.0 Å². The van der Waals surface area contributed by atoms with Crippen molar-refractivity contribution >= 4 is 40.7 Å². The van der Waals surface area contributed by atoms with Crippen LogP contribution in [0.4, 0.5) is 5.69 Å². The predicted molar refractivity (Wildman–Crippen MR) is 79.7 cm³/mol. The second kappa shape index (κ2) is 5.44. The zero-order valence-electron chi connectivity index (χ0n) is 10.6. The molecule has 2 heterocycles. The maximum absolute atomic E-state index is 11.6. The lowest BCUT2D eigenvalue weighted by molar-refractivity contribution is -0.385. The number of amides is 1. The summed E-state index contributed by atoms with van der Waals surface area (Å²) in [7, 11) is 0. The number of benzene rings is 1. The van der Waals surface area contributed by atoms with Gasteiger partial charge in [0, 0.05) is 17.4 Å². The van der Waals surface area contributed by atoms with Crippen LogP contribution >= 0.6 is 11.8 Å². The molecule has 1 unspecified atom stereocenters. The summed E-state index contributed by atoms with van der Waals surface area (Å²) < 4.78 is 0. The summed E-state index contributed by atoms with van der Waals surface area (Å²) in [4.78, 5) is 34.3. The van der Waals surface area contributed by atoms with E-state index < -0.39 is 11.0 Å². The van der Waals surface area contributed by atoms with E-state index in [-0.39, 0.29) is 11.6 Å². The average Bonchev–Trinajstić information content (AvgIpc) is 2.90. The Morgan fingerprint density at radius 1 is 1.38 bits per heavy atom. The van der Waals surface area contributed by atoms with Gasteiger partial charge in [-0.3, -0.25) is 14.9 Å². The van der Waals surface area contributed by atoms with Crippen molar-refractivity contribution in [3.8, 4) is 0 Å². The van der Waals surface area contributed by atoms with E-state index in [0.29, 0.717) is 22.3 Å². The summed E-state index contributed by atoms with van der Waals surface area (Å²) in [6, 6.07) is 5.79. The number of para-hydroxylation sites is 1. The second-order valence-corrected chi connectivity index (χ2v) is 5.17. The molecule has 1 atom stereocenters. The molecule has 8 nitrogen and oxygen atoms in total. The molecule has 106 valence electrons. The van der Waals surface area contributed by atoms with Crippen LogP contribution in [0.3, 0.4) is 0 Å². The first kappa shape index (κ1) is 13.4. The van der Waals surface area contributed by atoms with Crippen LogP contribution < -0.4 is 5.32 Å². The Morgan fingerprint density at radius 2 is 2.19 bits per heavy atom. The first-order chi connectivity index (χ1) is 10.1. The Balaban J connectivity index is 1.74. The molecule has 0 saturated carbocycles. The van der Waals surface area contributed by atoms with E-state index in [9.17, 15) is 14.9 Å². The van der Waals surface area contributed by atoms with Crippen LogP contribution in [0.25, 0.3) is 0 Å². The monoisotopic (exact) mass is 303 g/mol. The number of rotatable bonds is 3. The maximum atomic E-state index is 11.6. The topological polar surface area (TPSA) is 109 Å². The summed E-state index contributed by atoms with van der Waals surface area (Å²) in [5.41, 5.74) is 0.641. The van der Waals surface area contributed by atoms with E-state index in [1.807, 2.05) is 0 Å². The largest absolute Gasteiger partial charge is 0.314 e. The van der Waals surface area contributed by atoms with Crippen molar-refractivity contribution in [3.05, 3.63) is 39.9 Å². The summed E-state index contributed by atoms with van der Waals surface area (Å²) >= 11 is 1.24. The number of hydrogen-bond donors (Lipinski definition) is 1. The van der Waals surface area contributed by atoms with E-state index >= 15 is 0 Å². The SMILES string of the molecule is O=C1NC=NC2=NC(SCc3ccccc3[N+](=O)[O-])=NC12. The lowest BCUT2D eigenvalue weighted by atomic mass is 10.2. The standard InChI is InChI=1S/C12H9N5O3S/c18-11-9-10(13-6-14-11)16-12(15-9)21-5-7-3-1-2-4-8(7)17(19)20/h1-4,6,9H,5H2,(H,13,14,15,16,18). The maximum Gasteiger partial charge on any atom is 0.273 e. The highest BCUT2D eigenvalue weighted by atomic mass is 32.2. The van der Waals surface area contributed by atoms with Gasteiger partial charge in [0.05, 0.1) is 11.3 Å². The van der Waals surface area contributed by atoms with Crippen LogP contribution in [0.5, 0.6) is 0 Å². The molecule has 0 aliphatic carbocycles. The predicted octanol–water partition coefficient (Wildman–Crippen LogP) is 1.12. The number of carbonyl (C=O) groups is 1. The number of carbonyl (C=O) groups excluding carboxylic acids is 1. The first-order valence-electron chi connectivity index (χ1n) is 5.99. The Kier molecular flexibility index (Phi) is 3.48. The van der Waals surface area contributed by atoms with Crippen molar-refractivity contribution in [1.29, 1.82) is 0 Å². The molecule has 21 heavy (non-hydrogen) atoms. The minimum atomic E-state index is -0.705. The van der Waals surface area contributed by atoms with E-state index in [0.717, 1.165) is 0 Å². The third-order valence-corrected chi connectivity index (χ3v) is 3.80. The fourth-order valence-corrected chi connectivity index (χ4v) is 2.76. The first-order valence-corrected chi connectivity index (χ1v) is 6.98. The highest BCUT2D eigenvalue weighted by Gasteiger charge is 2.31. The molecule has 1 amide bonds. The molecule has 3 rings (SSSR count). The number of amidine groups is 2. The van der Waals surface area contributed by atoms with Crippen LogP contribution in [-0.2, 0) is 10.5 Å². The normalized spacial score (nSPS) is 19.6. The Morgan fingerprint density at radius 3 is 2.95 bits per heavy atom. The molecule has 2 aliphatic rings. The third kappa shape index (κ3) is 2.68. The van der Waals surface area contributed by atoms with Crippen molar-refractivity contribution in [1.82, 2.24) is 5.32 Å². The third-order valence-electron chi connectivity index (χ3n) is 2.89. The number of nitro benzene ring substituents is 1. The number of thioether (sulfide) groups is 1. The van der Waals surface area contributed by atoms with E-state index in [1.165, 1.54) is 24.2 Å². The van der Waals surface area contributed by atoms with Crippen LogP contribution in [0.1, 0.15) is 5.56 Å². The molecule has 0 aromatic heterocycles. The molecule has 0 spiro atoms. The molecule has 0 radical (unpaired) electrons. The molecule has 1 N–H and O–H groups in total. The highest BCUT2D eigenvalue weighted by Crippen LogP contribution is 2.26. The van der Waals surface area contributed by atoms with Gasteiger partial charge in [0.15, 0.2) is 17.0 Å². The zero-order chi connectivity index (χ0) is 14.8. The Bertz CT molecular complexity index is 713. The van der Waals surface area contributed by atoms with Crippen LogP contribution in [0.15, 0.2) is 39.2 Å². The fraction of sp³-hybridized carbons (Fsp3) is 0.167. The number of nitro groups is 1. The number of nitrogens with zero attached hydrogens (tertiary/aromatic N) is 4. The molecular formula is C12H9N5O3S. The molecule has 2 aliphatic heterocycles.